The van der Waals surface area contributed by atoms with Crippen LogP contribution in [-0.4, -0.2) is 22.9 Å². The molecule has 0 N–H and O–H groups in total. The number of benzene rings is 1. The summed E-state index contributed by atoms with van der Waals surface area (Å²) in [6, 6.07) is 7.47. The zero-order valence-corrected chi connectivity index (χ0v) is 14.9. The number of ether oxygens (including phenoxy) is 1. The summed E-state index contributed by atoms with van der Waals surface area (Å²) >= 11 is 1.43. The summed E-state index contributed by atoms with van der Waals surface area (Å²) in [5.74, 6) is -0.256. The molecule has 0 radical (unpaired) electrons. The third-order valence-corrected chi connectivity index (χ3v) is 5.18. The van der Waals surface area contributed by atoms with E-state index in [-0.39, 0.29) is 11.8 Å². The molecule has 1 saturated carbocycles. The molecule has 1 fully saturated rings. The monoisotopic (exact) mass is 344 g/mol. The molecule has 5 nitrogen and oxygen atoms in total. The second kappa shape index (κ2) is 6.73. The number of carbonyl (C=O) groups excluding carboxylic acids is 2. The van der Waals surface area contributed by atoms with Crippen LogP contribution in [0.25, 0.3) is 0 Å². The minimum Gasteiger partial charge on any atom is -0.462 e. The molecule has 1 aromatic carbocycles. The fraction of sp³-hybridized carbons (Fsp3) is 0.389. The Balaban J connectivity index is 1.98. The lowest BCUT2D eigenvalue weighted by Gasteiger charge is -2.04. The van der Waals surface area contributed by atoms with Gasteiger partial charge in [-0.3, -0.25) is 4.79 Å². The largest absolute Gasteiger partial charge is 0.462 e. The maximum Gasteiger partial charge on any atom is 0.338 e. The Labute approximate surface area is 144 Å². The van der Waals surface area contributed by atoms with Crippen LogP contribution in [0, 0.1) is 6.92 Å². The first kappa shape index (κ1) is 16.6. The maximum atomic E-state index is 11.8. The molecule has 0 spiro atoms. The topological polar surface area (TPSA) is 60.7 Å². The fourth-order valence-corrected chi connectivity index (χ4v) is 3.74. The van der Waals surface area contributed by atoms with E-state index in [2.05, 4.69) is 9.56 Å². The molecule has 6 heteroatoms. The molecule has 1 aromatic heterocycles. The van der Waals surface area contributed by atoms with E-state index in [1.807, 2.05) is 6.92 Å². The second-order valence-electron chi connectivity index (χ2n) is 5.84. The minimum absolute atomic E-state index is 0.0750. The Morgan fingerprint density at radius 3 is 2.50 bits per heavy atom. The fourth-order valence-electron chi connectivity index (χ4n) is 2.63. The van der Waals surface area contributed by atoms with Gasteiger partial charge in [0.2, 0.25) is 0 Å². The van der Waals surface area contributed by atoms with Gasteiger partial charge in [-0.2, -0.15) is 0 Å². The van der Waals surface area contributed by atoms with Gasteiger partial charge in [0.05, 0.1) is 22.7 Å². The van der Waals surface area contributed by atoms with Crippen molar-refractivity contribution in [1.82, 2.24) is 4.57 Å². The van der Waals surface area contributed by atoms with Crippen LogP contribution < -0.4 is 4.80 Å². The average molecular weight is 344 g/mol. The van der Waals surface area contributed by atoms with Crippen LogP contribution in [0.15, 0.2) is 29.3 Å². The van der Waals surface area contributed by atoms with E-state index in [4.69, 9.17) is 4.74 Å². The molecular formula is C18H20N2O3S. The van der Waals surface area contributed by atoms with Gasteiger partial charge in [-0.15, -0.1) is 0 Å². The van der Waals surface area contributed by atoms with E-state index in [1.54, 1.807) is 38.1 Å². The third kappa shape index (κ3) is 3.33. The maximum absolute atomic E-state index is 11.8. The predicted molar refractivity (Wildman–Crippen MR) is 92.9 cm³/mol. The summed E-state index contributed by atoms with van der Waals surface area (Å²) < 4.78 is 7.15. The van der Waals surface area contributed by atoms with E-state index in [1.165, 1.54) is 11.3 Å². The zero-order chi connectivity index (χ0) is 17.3. The van der Waals surface area contributed by atoms with Gasteiger partial charge in [-0.05, 0) is 51.0 Å². The van der Waals surface area contributed by atoms with Crippen LogP contribution in [0.4, 0.5) is 5.69 Å². The number of rotatable bonds is 5. The van der Waals surface area contributed by atoms with Crippen molar-refractivity contribution in [2.45, 2.75) is 39.7 Å². The molecule has 0 amide bonds. The van der Waals surface area contributed by atoms with Crippen LogP contribution in [0.2, 0.25) is 0 Å². The molecule has 1 heterocycles. The van der Waals surface area contributed by atoms with Crippen LogP contribution in [-0.2, 0) is 4.74 Å². The molecular weight excluding hydrogens is 324 g/mol. The van der Waals surface area contributed by atoms with E-state index in [0.717, 1.165) is 33.9 Å². The molecule has 1 aliphatic rings. The lowest BCUT2D eigenvalue weighted by molar-refractivity contribution is 0.0526. The summed E-state index contributed by atoms with van der Waals surface area (Å²) in [5, 5.41) is 0. The molecule has 0 atom stereocenters. The van der Waals surface area contributed by atoms with Crippen LogP contribution in [0.1, 0.15) is 58.5 Å². The molecule has 0 unspecified atom stereocenters. The number of hydrogen-bond donors (Lipinski definition) is 0. The number of nitrogens with zero attached hydrogens (tertiary/aromatic N) is 2. The molecule has 0 aliphatic heterocycles. The standard InChI is InChI=1S/C18H20N2O3S/c1-4-23-17(22)13-5-7-14(8-6-13)19-18-20(15-9-10-15)11(2)16(24-18)12(3)21/h5-8,15H,4,9-10H2,1-3H3. The van der Waals surface area contributed by atoms with E-state index < -0.39 is 0 Å². The van der Waals surface area contributed by atoms with Crippen LogP contribution in [0.3, 0.4) is 0 Å². The lowest BCUT2D eigenvalue weighted by Crippen LogP contribution is -2.14. The molecule has 24 heavy (non-hydrogen) atoms. The van der Waals surface area contributed by atoms with Crippen LogP contribution in [0.5, 0.6) is 0 Å². The molecule has 0 bridgehead atoms. The van der Waals surface area contributed by atoms with Crippen molar-refractivity contribution in [1.29, 1.82) is 0 Å². The van der Waals surface area contributed by atoms with Gasteiger partial charge in [0.15, 0.2) is 10.6 Å². The Hall–Kier alpha value is -2.21. The van der Waals surface area contributed by atoms with E-state index in [9.17, 15) is 9.59 Å². The van der Waals surface area contributed by atoms with Crippen molar-refractivity contribution in [2.75, 3.05) is 6.61 Å². The number of carbonyl (C=O) groups is 2. The first-order chi connectivity index (χ1) is 11.5. The number of hydrogen-bond acceptors (Lipinski definition) is 5. The van der Waals surface area contributed by atoms with E-state index >= 15 is 0 Å². The number of Topliss-reactive ketones (excluding diaryl/α,β-unsaturated/α-hetero) is 1. The highest BCUT2D eigenvalue weighted by Crippen LogP contribution is 2.36. The molecule has 126 valence electrons. The number of ketones is 1. The Bertz CT molecular complexity index is 842. The summed E-state index contributed by atoms with van der Waals surface area (Å²) in [6.07, 6.45) is 2.26. The summed E-state index contributed by atoms with van der Waals surface area (Å²) in [6.45, 7) is 5.71. The van der Waals surface area contributed by atoms with Gasteiger partial charge >= 0.3 is 5.97 Å². The predicted octanol–water partition coefficient (Wildman–Crippen LogP) is 3.80. The average Bonchev–Trinajstić information content (AvgIpc) is 3.32. The molecule has 2 aromatic rings. The summed E-state index contributed by atoms with van der Waals surface area (Å²) in [5.41, 5.74) is 2.27. The van der Waals surface area contributed by atoms with Crippen molar-refractivity contribution in [3.05, 3.63) is 45.2 Å². The first-order valence-electron chi connectivity index (χ1n) is 8.06. The summed E-state index contributed by atoms with van der Waals surface area (Å²) in [7, 11) is 0. The number of esters is 1. The first-order valence-corrected chi connectivity index (χ1v) is 8.87. The molecule has 1 aliphatic carbocycles. The van der Waals surface area contributed by atoms with Crippen LogP contribution >= 0.6 is 11.3 Å². The summed E-state index contributed by atoms with van der Waals surface area (Å²) in [4.78, 5) is 29.8. The van der Waals surface area contributed by atoms with Gasteiger partial charge in [-0.1, -0.05) is 11.3 Å². The zero-order valence-electron chi connectivity index (χ0n) is 14.0. The van der Waals surface area contributed by atoms with Crippen molar-refractivity contribution in [2.24, 2.45) is 4.99 Å². The quantitative estimate of drug-likeness (QED) is 0.612. The van der Waals surface area contributed by atoms with Gasteiger partial charge in [0.1, 0.15) is 0 Å². The van der Waals surface area contributed by atoms with Gasteiger partial charge in [0, 0.05) is 18.7 Å². The number of thiazole rings is 1. The van der Waals surface area contributed by atoms with E-state index in [0.29, 0.717) is 18.2 Å². The highest BCUT2D eigenvalue weighted by atomic mass is 32.1. The smallest absolute Gasteiger partial charge is 0.338 e. The van der Waals surface area contributed by atoms with Gasteiger partial charge in [-0.25, -0.2) is 9.79 Å². The normalized spacial score (nSPS) is 14.7. The van der Waals surface area contributed by atoms with Crippen molar-refractivity contribution < 1.29 is 14.3 Å². The second-order valence-corrected chi connectivity index (χ2v) is 6.81. The minimum atomic E-state index is -0.331. The molecule has 0 saturated heterocycles. The highest BCUT2D eigenvalue weighted by Gasteiger charge is 2.28. The van der Waals surface area contributed by atoms with Gasteiger partial charge < -0.3 is 9.30 Å². The van der Waals surface area contributed by atoms with Crippen molar-refractivity contribution in [3.63, 3.8) is 0 Å². The Morgan fingerprint density at radius 1 is 1.29 bits per heavy atom. The van der Waals surface area contributed by atoms with Gasteiger partial charge in [0.25, 0.3) is 0 Å². The Morgan fingerprint density at radius 2 is 1.96 bits per heavy atom. The Kier molecular flexibility index (Phi) is 4.66. The lowest BCUT2D eigenvalue weighted by atomic mass is 10.2. The highest BCUT2D eigenvalue weighted by molar-refractivity contribution is 7.11. The van der Waals surface area contributed by atoms with Crippen molar-refractivity contribution >= 4 is 28.8 Å². The third-order valence-electron chi connectivity index (χ3n) is 3.92. The number of aromatic nitrogens is 1. The molecule has 3 rings (SSSR count). The SMILES string of the molecule is CCOC(=O)c1ccc(N=c2sc(C(C)=O)c(C)n2C2CC2)cc1. The van der Waals surface area contributed by atoms with Crippen molar-refractivity contribution in [3.8, 4) is 0 Å².